The number of carboxylic acids is 2. The molecular formula is C30H29N3O6. The number of hydrogen-bond donors (Lipinski definition) is 3. The Morgan fingerprint density at radius 2 is 1.67 bits per heavy atom. The van der Waals surface area contributed by atoms with Crippen molar-refractivity contribution in [1.29, 1.82) is 0 Å². The number of rotatable bonds is 9. The van der Waals surface area contributed by atoms with Gasteiger partial charge >= 0.3 is 11.9 Å². The maximum atomic E-state index is 11.8. The van der Waals surface area contributed by atoms with E-state index >= 15 is 0 Å². The zero-order valence-corrected chi connectivity index (χ0v) is 22.1. The zero-order valence-electron chi connectivity index (χ0n) is 22.1. The van der Waals surface area contributed by atoms with Gasteiger partial charge in [0, 0.05) is 18.2 Å². The van der Waals surface area contributed by atoms with E-state index in [1.54, 1.807) is 13.1 Å². The first-order chi connectivity index (χ1) is 18.5. The molecule has 9 nitrogen and oxygen atoms in total. The predicted octanol–water partition coefficient (Wildman–Crippen LogP) is 4.68. The number of carbonyl (C=O) groups is 3. The largest absolute Gasteiger partial charge is 0.489 e. The molecule has 9 heteroatoms. The lowest BCUT2D eigenvalue weighted by Gasteiger charge is -2.16. The maximum Gasteiger partial charge on any atom is 0.336 e. The molecule has 0 atom stereocenters. The number of primary amides is 1. The van der Waals surface area contributed by atoms with Crippen molar-refractivity contribution in [2.45, 2.75) is 33.8 Å². The second-order valence-electron chi connectivity index (χ2n) is 9.45. The zero-order chi connectivity index (χ0) is 28.4. The van der Waals surface area contributed by atoms with Crippen molar-refractivity contribution in [3.8, 4) is 17.0 Å². The summed E-state index contributed by atoms with van der Waals surface area (Å²) in [4.78, 5) is 34.9. The lowest BCUT2D eigenvalue weighted by Crippen LogP contribution is -2.16. The fourth-order valence-electron chi connectivity index (χ4n) is 4.76. The lowest BCUT2D eigenvalue weighted by molar-refractivity contribution is 0.0695. The molecule has 0 saturated heterocycles. The minimum Gasteiger partial charge on any atom is -0.489 e. The Labute approximate surface area is 225 Å². The Kier molecular flexibility index (Phi) is 7.53. The first kappa shape index (κ1) is 27.1. The number of aromatic nitrogens is 2. The molecule has 0 unspecified atom stereocenters. The number of nitrogens with zero attached hydrogens (tertiary/aromatic N) is 2. The van der Waals surface area contributed by atoms with E-state index in [-0.39, 0.29) is 17.7 Å². The number of benzene rings is 3. The summed E-state index contributed by atoms with van der Waals surface area (Å²) in [6.07, 6.45) is 0.307. The molecule has 0 aliphatic heterocycles. The number of nitrogens with two attached hydrogens (primary N) is 1. The van der Waals surface area contributed by atoms with Gasteiger partial charge in [0.2, 0.25) is 0 Å². The van der Waals surface area contributed by atoms with E-state index in [1.165, 1.54) is 16.8 Å². The molecule has 39 heavy (non-hydrogen) atoms. The van der Waals surface area contributed by atoms with Crippen LogP contribution in [0.5, 0.6) is 5.75 Å². The van der Waals surface area contributed by atoms with E-state index in [2.05, 4.69) is 5.10 Å². The van der Waals surface area contributed by atoms with Crippen LogP contribution in [-0.4, -0.2) is 37.8 Å². The van der Waals surface area contributed by atoms with Crippen molar-refractivity contribution < 1.29 is 29.3 Å². The SMILES string of the molecule is Cc1cc(-c2nn(C)c(C(N)=O)c2C)ccc1OCc1c(C)cccc1Cc1ccc(C(=O)O)cc1C(=O)O. The average molecular weight is 528 g/mol. The van der Waals surface area contributed by atoms with Crippen LogP contribution in [0, 0.1) is 20.8 Å². The van der Waals surface area contributed by atoms with Crippen LogP contribution in [0.25, 0.3) is 11.3 Å². The second-order valence-corrected chi connectivity index (χ2v) is 9.45. The third-order valence-electron chi connectivity index (χ3n) is 6.81. The molecule has 0 spiro atoms. The van der Waals surface area contributed by atoms with Crippen LogP contribution < -0.4 is 10.5 Å². The Balaban J connectivity index is 1.59. The highest BCUT2D eigenvalue weighted by Crippen LogP contribution is 2.30. The summed E-state index contributed by atoms with van der Waals surface area (Å²) in [5.74, 6) is -2.22. The van der Waals surface area contributed by atoms with Crippen molar-refractivity contribution in [2.75, 3.05) is 0 Å². The van der Waals surface area contributed by atoms with E-state index in [1.807, 2.05) is 57.2 Å². The Morgan fingerprint density at radius 1 is 0.923 bits per heavy atom. The summed E-state index contributed by atoms with van der Waals surface area (Å²) in [7, 11) is 1.68. The number of aromatic carboxylic acids is 2. The van der Waals surface area contributed by atoms with Gasteiger partial charge in [-0.1, -0.05) is 24.3 Å². The van der Waals surface area contributed by atoms with Gasteiger partial charge in [0.25, 0.3) is 5.91 Å². The van der Waals surface area contributed by atoms with Gasteiger partial charge in [-0.2, -0.15) is 5.10 Å². The number of aryl methyl sites for hydroxylation is 3. The normalized spacial score (nSPS) is 10.9. The molecule has 1 heterocycles. The van der Waals surface area contributed by atoms with Crippen LogP contribution in [0.2, 0.25) is 0 Å². The summed E-state index contributed by atoms with van der Waals surface area (Å²) in [5, 5.41) is 23.4. The van der Waals surface area contributed by atoms with Crippen LogP contribution in [0.3, 0.4) is 0 Å². The standard InChI is InChI=1S/C30H29N3O6/c1-16-6-5-7-19(13-20-8-9-22(29(35)36)14-23(20)30(37)38)24(16)15-39-25-11-10-21(12-17(25)2)26-18(3)27(28(31)34)33(4)32-26/h5-12,14H,13,15H2,1-4H3,(H2,31,34)(H,35,36)(H,37,38). The molecule has 3 aromatic carbocycles. The van der Waals surface area contributed by atoms with Crippen LogP contribution in [0.15, 0.2) is 54.6 Å². The predicted molar refractivity (Wildman–Crippen MR) is 145 cm³/mol. The summed E-state index contributed by atoms with van der Waals surface area (Å²) in [5.41, 5.74) is 12.2. The first-order valence-corrected chi connectivity index (χ1v) is 12.2. The minimum absolute atomic E-state index is 0.0426. The number of carbonyl (C=O) groups excluding carboxylic acids is 1. The van der Waals surface area contributed by atoms with E-state index in [9.17, 15) is 24.6 Å². The molecule has 4 N–H and O–H groups in total. The summed E-state index contributed by atoms with van der Waals surface area (Å²) in [6, 6.07) is 15.6. The molecule has 200 valence electrons. The topological polar surface area (TPSA) is 145 Å². The molecule has 4 rings (SSSR count). The number of carboxylic acid groups (broad SMARTS) is 2. The van der Waals surface area contributed by atoms with Gasteiger partial charge in [-0.05, 0) is 85.3 Å². The smallest absolute Gasteiger partial charge is 0.336 e. The third-order valence-corrected chi connectivity index (χ3v) is 6.81. The van der Waals surface area contributed by atoms with Gasteiger partial charge in [0.05, 0.1) is 16.8 Å². The molecule has 4 aromatic rings. The van der Waals surface area contributed by atoms with Crippen molar-refractivity contribution in [1.82, 2.24) is 9.78 Å². The minimum atomic E-state index is -1.18. The maximum absolute atomic E-state index is 11.8. The second kappa shape index (κ2) is 10.8. The molecule has 1 amide bonds. The molecule has 0 fully saturated rings. The van der Waals surface area contributed by atoms with Crippen molar-refractivity contribution in [3.05, 3.63) is 105 Å². The van der Waals surface area contributed by atoms with Crippen molar-refractivity contribution >= 4 is 17.8 Å². The lowest BCUT2D eigenvalue weighted by atomic mass is 9.93. The van der Waals surface area contributed by atoms with Gasteiger partial charge in [-0.15, -0.1) is 0 Å². The van der Waals surface area contributed by atoms with Gasteiger partial charge < -0.3 is 20.7 Å². The highest BCUT2D eigenvalue weighted by atomic mass is 16.5. The Hall–Kier alpha value is -4.92. The Bertz CT molecular complexity index is 1620. The average Bonchev–Trinajstić information content (AvgIpc) is 3.18. The van der Waals surface area contributed by atoms with E-state index in [0.29, 0.717) is 34.7 Å². The first-order valence-electron chi connectivity index (χ1n) is 12.2. The highest BCUT2D eigenvalue weighted by Gasteiger charge is 2.19. The third kappa shape index (κ3) is 5.52. The monoisotopic (exact) mass is 527 g/mol. The fraction of sp³-hybridized carbons (Fsp3) is 0.200. The van der Waals surface area contributed by atoms with Gasteiger partial charge in [0.1, 0.15) is 18.1 Å². The molecule has 0 radical (unpaired) electrons. The molecule has 1 aromatic heterocycles. The summed E-state index contributed by atoms with van der Waals surface area (Å²) in [6.45, 7) is 5.96. The van der Waals surface area contributed by atoms with Crippen LogP contribution in [0.1, 0.15) is 64.6 Å². The highest BCUT2D eigenvalue weighted by molar-refractivity contribution is 5.95. The summed E-state index contributed by atoms with van der Waals surface area (Å²) >= 11 is 0. The van der Waals surface area contributed by atoms with Crippen LogP contribution >= 0.6 is 0 Å². The summed E-state index contributed by atoms with van der Waals surface area (Å²) < 4.78 is 7.69. The van der Waals surface area contributed by atoms with Crippen LogP contribution in [0.4, 0.5) is 0 Å². The fourth-order valence-corrected chi connectivity index (χ4v) is 4.76. The van der Waals surface area contributed by atoms with Gasteiger partial charge in [-0.25, -0.2) is 9.59 Å². The number of amides is 1. The Morgan fingerprint density at radius 3 is 2.28 bits per heavy atom. The molecule has 0 aliphatic carbocycles. The quantitative estimate of drug-likeness (QED) is 0.287. The number of hydrogen-bond acceptors (Lipinski definition) is 5. The van der Waals surface area contributed by atoms with Crippen molar-refractivity contribution in [3.63, 3.8) is 0 Å². The number of ether oxygens (including phenoxy) is 1. The molecule has 0 bridgehead atoms. The van der Waals surface area contributed by atoms with E-state index < -0.39 is 17.8 Å². The van der Waals surface area contributed by atoms with Gasteiger partial charge in [0.15, 0.2) is 0 Å². The van der Waals surface area contributed by atoms with Crippen LogP contribution in [-0.2, 0) is 20.1 Å². The molecule has 0 saturated carbocycles. The van der Waals surface area contributed by atoms with Crippen molar-refractivity contribution in [2.24, 2.45) is 12.8 Å². The molecular weight excluding hydrogens is 498 g/mol. The van der Waals surface area contributed by atoms with E-state index in [4.69, 9.17) is 10.5 Å². The molecule has 0 aliphatic rings. The van der Waals surface area contributed by atoms with E-state index in [0.717, 1.165) is 27.8 Å². The van der Waals surface area contributed by atoms with Gasteiger partial charge in [-0.3, -0.25) is 9.48 Å².